The third-order valence-corrected chi connectivity index (χ3v) is 6.11. The molecule has 2 aromatic carbocycles. The van der Waals surface area contributed by atoms with Crippen molar-refractivity contribution in [3.63, 3.8) is 0 Å². The molecule has 7 heteroatoms. The van der Waals surface area contributed by atoms with E-state index in [-0.39, 0.29) is 16.7 Å². The molecule has 0 aliphatic carbocycles. The molecule has 180 valence electrons. The number of aliphatic hydroxyl groups excluding tert-OH is 1. The van der Waals surface area contributed by atoms with E-state index in [9.17, 15) is 14.7 Å². The van der Waals surface area contributed by atoms with E-state index in [0.717, 1.165) is 5.56 Å². The molecule has 1 N–H and O–H groups in total. The van der Waals surface area contributed by atoms with Crippen molar-refractivity contribution in [3.05, 3.63) is 89.3 Å². The maximum absolute atomic E-state index is 13.5. The minimum absolute atomic E-state index is 0.0433. The van der Waals surface area contributed by atoms with E-state index in [1.54, 1.807) is 60.9 Å². The number of pyridine rings is 1. The van der Waals surface area contributed by atoms with Gasteiger partial charge in [0.2, 0.25) is 0 Å². The Morgan fingerprint density at radius 1 is 0.971 bits per heavy atom. The zero-order valence-electron chi connectivity index (χ0n) is 20.4. The van der Waals surface area contributed by atoms with Gasteiger partial charge in [0.1, 0.15) is 17.3 Å². The molecule has 4 rings (SSSR count). The van der Waals surface area contributed by atoms with Gasteiger partial charge in [-0.1, -0.05) is 45.0 Å². The van der Waals surface area contributed by atoms with E-state index in [1.807, 2.05) is 6.07 Å². The molecule has 1 saturated heterocycles. The average Bonchev–Trinajstić information content (AvgIpc) is 3.13. The Morgan fingerprint density at radius 3 is 2.31 bits per heavy atom. The molecule has 2 heterocycles. The van der Waals surface area contributed by atoms with E-state index >= 15 is 0 Å². The number of anilines is 1. The molecule has 7 nitrogen and oxygen atoms in total. The largest absolute Gasteiger partial charge is 0.507 e. The van der Waals surface area contributed by atoms with Crippen LogP contribution in [0.5, 0.6) is 11.5 Å². The molecule has 3 aromatic rings. The third-order valence-electron chi connectivity index (χ3n) is 6.11. The number of amides is 1. The van der Waals surface area contributed by atoms with Crippen molar-refractivity contribution in [1.29, 1.82) is 0 Å². The van der Waals surface area contributed by atoms with Crippen molar-refractivity contribution in [2.75, 3.05) is 19.1 Å². The number of para-hydroxylation sites is 2. The number of ketones is 1. The van der Waals surface area contributed by atoms with Crippen molar-refractivity contribution in [1.82, 2.24) is 4.98 Å². The van der Waals surface area contributed by atoms with Crippen LogP contribution in [0.4, 0.5) is 5.69 Å². The van der Waals surface area contributed by atoms with Crippen LogP contribution in [0.3, 0.4) is 0 Å². The number of aliphatic hydroxyl groups is 1. The fourth-order valence-electron chi connectivity index (χ4n) is 4.27. The predicted octanol–water partition coefficient (Wildman–Crippen LogP) is 5.02. The highest BCUT2D eigenvalue weighted by Gasteiger charge is 2.48. The Kier molecular flexibility index (Phi) is 6.35. The van der Waals surface area contributed by atoms with Crippen molar-refractivity contribution in [2.24, 2.45) is 0 Å². The molecule has 1 unspecified atom stereocenters. The van der Waals surface area contributed by atoms with Gasteiger partial charge < -0.3 is 14.6 Å². The van der Waals surface area contributed by atoms with Gasteiger partial charge in [0.15, 0.2) is 0 Å². The van der Waals surface area contributed by atoms with Crippen LogP contribution in [-0.2, 0) is 15.0 Å². The van der Waals surface area contributed by atoms with E-state index in [4.69, 9.17) is 9.47 Å². The number of carbonyl (C=O) groups is 2. The Hall–Kier alpha value is -4.13. The van der Waals surface area contributed by atoms with Crippen molar-refractivity contribution < 1.29 is 24.2 Å². The smallest absolute Gasteiger partial charge is 0.300 e. The van der Waals surface area contributed by atoms with Crippen LogP contribution in [0.25, 0.3) is 5.76 Å². The monoisotopic (exact) mass is 472 g/mol. The van der Waals surface area contributed by atoms with Gasteiger partial charge in [0.05, 0.1) is 37.1 Å². The summed E-state index contributed by atoms with van der Waals surface area (Å²) in [5.41, 5.74) is 2.01. The topological polar surface area (TPSA) is 89.0 Å². The lowest BCUT2D eigenvalue weighted by atomic mass is 9.85. The van der Waals surface area contributed by atoms with Gasteiger partial charge >= 0.3 is 0 Å². The number of aromatic nitrogens is 1. The van der Waals surface area contributed by atoms with Gasteiger partial charge in [-0.3, -0.25) is 19.5 Å². The highest BCUT2D eigenvalue weighted by molar-refractivity contribution is 6.52. The first-order chi connectivity index (χ1) is 16.7. The lowest BCUT2D eigenvalue weighted by molar-refractivity contribution is -0.132. The molecule has 1 aliphatic heterocycles. The summed E-state index contributed by atoms with van der Waals surface area (Å²) >= 11 is 0. The zero-order valence-corrected chi connectivity index (χ0v) is 20.4. The summed E-state index contributed by atoms with van der Waals surface area (Å²) < 4.78 is 11.0. The standard InChI is InChI=1S/C28H28N2O5/c1-28(2,3)18-12-13-21(34-4)19(15-18)25(31)23-24(17-9-8-14-29-16-17)30(27(33)26(23)32)20-10-6-7-11-22(20)35-5/h6-16,24,31H,1-5H3/b25-23+. The minimum Gasteiger partial charge on any atom is -0.507 e. The van der Waals surface area contributed by atoms with Crippen molar-refractivity contribution >= 4 is 23.1 Å². The highest BCUT2D eigenvalue weighted by Crippen LogP contribution is 2.45. The van der Waals surface area contributed by atoms with Gasteiger partial charge in [-0.2, -0.15) is 0 Å². The molecule has 1 amide bonds. The Morgan fingerprint density at radius 2 is 1.69 bits per heavy atom. The van der Waals surface area contributed by atoms with Gasteiger partial charge in [0, 0.05) is 12.4 Å². The molecule has 1 aliphatic rings. The summed E-state index contributed by atoms with van der Waals surface area (Å²) in [4.78, 5) is 32.4. The van der Waals surface area contributed by atoms with E-state index < -0.39 is 17.7 Å². The summed E-state index contributed by atoms with van der Waals surface area (Å²) in [6, 6.07) is 15.0. The molecular formula is C28H28N2O5. The van der Waals surface area contributed by atoms with E-state index in [1.165, 1.54) is 19.1 Å². The predicted molar refractivity (Wildman–Crippen MR) is 134 cm³/mol. The fraction of sp³-hybridized carbons (Fsp3) is 0.250. The number of methoxy groups -OCH3 is 2. The highest BCUT2D eigenvalue weighted by atomic mass is 16.5. The molecule has 0 spiro atoms. The number of benzene rings is 2. The molecule has 0 saturated carbocycles. The summed E-state index contributed by atoms with van der Waals surface area (Å²) in [7, 11) is 2.99. The first-order valence-corrected chi connectivity index (χ1v) is 11.2. The number of hydrogen-bond donors (Lipinski definition) is 1. The maximum Gasteiger partial charge on any atom is 0.300 e. The van der Waals surface area contributed by atoms with Crippen LogP contribution in [-0.4, -0.2) is 36.0 Å². The molecular weight excluding hydrogens is 444 g/mol. The van der Waals surface area contributed by atoms with Crippen LogP contribution in [0.2, 0.25) is 0 Å². The van der Waals surface area contributed by atoms with E-state index in [0.29, 0.717) is 28.3 Å². The SMILES string of the molecule is COc1ccc(C(C)(C)C)cc1/C(O)=C1\C(=O)C(=O)N(c2ccccc2OC)C1c1cccnc1. The van der Waals surface area contributed by atoms with Gasteiger partial charge in [-0.25, -0.2) is 0 Å². The number of hydrogen-bond acceptors (Lipinski definition) is 6. The first kappa shape index (κ1) is 24.0. The van der Waals surface area contributed by atoms with Crippen LogP contribution >= 0.6 is 0 Å². The Bertz CT molecular complexity index is 1310. The second-order valence-electron chi connectivity index (χ2n) is 9.29. The maximum atomic E-state index is 13.5. The lowest BCUT2D eigenvalue weighted by Gasteiger charge is -2.26. The number of ether oxygens (including phenoxy) is 2. The summed E-state index contributed by atoms with van der Waals surface area (Å²) in [6.45, 7) is 6.15. The zero-order chi connectivity index (χ0) is 25.3. The second kappa shape index (κ2) is 9.25. The van der Waals surface area contributed by atoms with Crippen LogP contribution < -0.4 is 14.4 Å². The quantitative estimate of drug-likeness (QED) is 0.319. The second-order valence-corrected chi connectivity index (χ2v) is 9.29. The van der Waals surface area contributed by atoms with Gasteiger partial charge in [-0.15, -0.1) is 0 Å². The normalized spacial score (nSPS) is 17.5. The molecule has 0 bridgehead atoms. The molecule has 1 atom stereocenters. The Labute approximate surface area is 204 Å². The van der Waals surface area contributed by atoms with Crippen LogP contribution in [0.1, 0.15) is 43.5 Å². The molecule has 0 radical (unpaired) electrons. The van der Waals surface area contributed by atoms with Crippen molar-refractivity contribution in [2.45, 2.75) is 32.2 Å². The average molecular weight is 473 g/mol. The fourth-order valence-corrected chi connectivity index (χ4v) is 4.27. The van der Waals surface area contributed by atoms with Gasteiger partial charge in [0.25, 0.3) is 11.7 Å². The van der Waals surface area contributed by atoms with Crippen LogP contribution in [0, 0.1) is 0 Å². The number of rotatable bonds is 5. The summed E-state index contributed by atoms with van der Waals surface area (Å²) in [6.07, 6.45) is 3.18. The lowest BCUT2D eigenvalue weighted by Crippen LogP contribution is -2.29. The van der Waals surface area contributed by atoms with Crippen LogP contribution in [0.15, 0.2) is 72.6 Å². The third kappa shape index (κ3) is 4.25. The van der Waals surface area contributed by atoms with E-state index in [2.05, 4.69) is 25.8 Å². The first-order valence-electron chi connectivity index (χ1n) is 11.2. The summed E-state index contributed by atoms with van der Waals surface area (Å²) in [5, 5.41) is 11.6. The Balaban J connectivity index is 2.01. The molecule has 1 fully saturated rings. The number of Topliss-reactive ketones (excluding diaryl/α,β-unsaturated/α-hetero) is 1. The van der Waals surface area contributed by atoms with Crippen molar-refractivity contribution in [3.8, 4) is 11.5 Å². The summed E-state index contributed by atoms with van der Waals surface area (Å²) in [5.74, 6) is -1.06. The number of nitrogens with zero attached hydrogens (tertiary/aromatic N) is 2. The number of carbonyl (C=O) groups excluding carboxylic acids is 2. The van der Waals surface area contributed by atoms with Gasteiger partial charge in [-0.05, 0) is 46.9 Å². The minimum atomic E-state index is -0.914. The molecule has 35 heavy (non-hydrogen) atoms. The molecule has 1 aromatic heterocycles.